The summed E-state index contributed by atoms with van der Waals surface area (Å²) in [6.07, 6.45) is 1.67. The van der Waals surface area contributed by atoms with Crippen LogP contribution >= 0.6 is 0 Å². The zero-order chi connectivity index (χ0) is 11.3. The van der Waals surface area contributed by atoms with Crippen LogP contribution in [0.2, 0.25) is 0 Å². The van der Waals surface area contributed by atoms with E-state index in [-0.39, 0.29) is 5.75 Å². The number of phenolic OH excluding ortho intramolecular Hbond substituents is 1. The summed E-state index contributed by atoms with van der Waals surface area (Å²) >= 11 is 0. The summed E-state index contributed by atoms with van der Waals surface area (Å²) < 4.78 is 0. The fourth-order valence-corrected chi connectivity index (χ4v) is 1.09. The summed E-state index contributed by atoms with van der Waals surface area (Å²) in [5.74, 6) is 0.239. The van der Waals surface area contributed by atoms with E-state index in [4.69, 9.17) is 15.3 Å². The third-order valence-corrected chi connectivity index (χ3v) is 1.61. The Morgan fingerprint density at radius 1 is 1.27 bits per heavy atom. The van der Waals surface area contributed by atoms with E-state index in [2.05, 4.69) is 4.98 Å². The molecule has 0 atom stereocenters. The van der Waals surface area contributed by atoms with Crippen LogP contribution in [0.5, 0.6) is 5.75 Å². The number of benzene rings is 1. The second-order valence-electron chi connectivity index (χ2n) is 2.59. The van der Waals surface area contributed by atoms with Crippen LogP contribution in [-0.4, -0.2) is 20.4 Å². The molecule has 0 amide bonds. The van der Waals surface area contributed by atoms with E-state index in [9.17, 15) is 5.11 Å². The molecule has 0 aliphatic heterocycles. The van der Waals surface area contributed by atoms with Gasteiger partial charge >= 0.3 is 0 Å². The highest BCUT2D eigenvalue weighted by Gasteiger charge is 1.96. The van der Waals surface area contributed by atoms with E-state index in [1.165, 1.54) is 0 Å². The quantitative estimate of drug-likeness (QED) is 0.506. The first-order chi connectivity index (χ1) is 7.11. The van der Waals surface area contributed by atoms with Gasteiger partial charge in [-0.15, -0.1) is 10.1 Å². The fourth-order valence-electron chi connectivity index (χ4n) is 1.09. The highest BCUT2D eigenvalue weighted by Crippen LogP contribution is 2.20. The summed E-state index contributed by atoms with van der Waals surface area (Å²) in [7, 11) is 0. The molecule has 6 heteroatoms. The van der Waals surface area contributed by atoms with Crippen LogP contribution in [0.4, 0.5) is 0 Å². The van der Waals surface area contributed by atoms with Crippen molar-refractivity contribution in [3.8, 4) is 5.75 Å². The molecule has 1 aromatic carbocycles. The Morgan fingerprint density at radius 3 is 2.47 bits per heavy atom. The fraction of sp³-hybridized carbons (Fsp3) is 0. The van der Waals surface area contributed by atoms with Crippen molar-refractivity contribution >= 4 is 10.9 Å². The molecule has 2 N–H and O–H groups in total. The summed E-state index contributed by atoms with van der Waals surface area (Å²) in [4.78, 5) is 12.4. The van der Waals surface area contributed by atoms with Crippen LogP contribution in [-0.2, 0) is 0 Å². The molecule has 1 aromatic heterocycles. The standard InChI is InChI=1S/C9H7NO.HNO3/c11-8-5-1-3-7-4-2-6-10-9(7)8;2-1(3)4/h1-6,11H;(H,2,3,4). The maximum Gasteiger partial charge on any atom is 0.291 e. The molecule has 0 unspecified atom stereocenters. The van der Waals surface area contributed by atoms with Gasteiger partial charge < -0.3 is 10.3 Å². The topological polar surface area (TPSA) is 96.5 Å². The molecule has 0 fully saturated rings. The predicted molar refractivity (Wildman–Crippen MR) is 52.2 cm³/mol. The molecular weight excluding hydrogens is 200 g/mol. The molecule has 0 radical (unpaired) electrons. The van der Waals surface area contributed by atoms with Gasteiger partial charge in [-0.25, -0.2) is 0 Å². The number of nitrogens with zero attached hydrogens (tertiary/aromatic N) is 2. The second kappa shape index (κ2) is 4.75. The van der Waals surface area contributed by atoms with Gasteiger partial charge in [0.15, 0.2) is 0 Å². The molecule has 0 aliphatic carbocycles. The predicted octanol–water partition coefficient (Wildman–Crippen LogP) is 1.59. The van der Waals surface area contributed by atoms with Gasteiger partial charge in [0.05, 0.1) is 0 Å². The minimum absolute atomic E-state index is 0.239. The van der Waals surface area contributed by atoms with Gasteiger partial charge in [0.25, 0.3) is 5.09 Å². The molecule has 0 saturated heterocycles. The smallest absolute Gasteiger partial charge is 0.291 e. The number of fused-ring (bicyclic) bond motifs is 1. The maximum atomic E-state index is 9.31. The number of pyridine rings is 1. The largest absolute Gasteiger partial charge is 0.506 e. The monoisotopic (exact) mass is 208 g/mol. The number of aromatic hydroxyl groups is 1. The molecule has 0 bridgehead atoms. The number of hydrogen-bond acceptors (Lipinski definition) is 4. The Kier molecular flexibility index (Phi) is 3.39. The highest BCUT2D eigenvalue weighted by molar-refractivity contribution is 5.83. The molecule has 2 aromatic rings. The van der Waals surface area contributed by atoms with Crippen molar-refractivity contribution in [2.24, 2.45) is 0 Å². The van der Waals surface area contributed by atoms with Crippen LogP contribution < -0.4 is 0 Å². The van der Waals surface area contributed by atoms with Crippen molar-refractivity contribution in [2.45, 2.75) is 0 Å². The first-order valence-electron chi connectivity index (χ1n) is 3.97. The second-order valence-corrected chi connectivity index (χ2v) is 2.59. The van der Waals surface area contributed by atoms with E-state index in [0.29, 0.717) is 5.52 Å². The SMILES string of the molecule is O=[N+]([O-])O.Oc1cccc2cccnc12. The first-order valence-corrected chi connectivity index (χ1v) is 3.97. The minimum Gasteiger partial charge on any atom is -0.506 e. The Labute approximate surface area is 84.5 Å². The van der Waals surface area contributed by atoms with Gasteiger partial charge in [0.2, 0.25) is 0 Å². The molecule has 0 saturated carbocycles. The van der Waals surface area contributed by atoms with Gasteiger partial charge in [-0.2, -0.15) is 0 Å². The minimum atomic E-state index is -1.50. The Hall–Kier alpha value is -2.37. The zero-order valence-electron chi connectivity index (χ0n) is 7.57. The lowest BCUT2D eigenvalue weighted by atomic mass is 10.2. The lowest BCUT2D eigenvalue weighted by Crippen LogP contribution is -1.81. The van der Waals surface area contributed by atoms with Crippen molar-refractivity contribution in [3.63, 3.8) is 0 Å². The Balaban J connectivity index is 0.000000245. The Morgan fingerprint density at radius 2 is 1.87 bits per heavy atom. The lowest BCUT2D eigenvalue weighted by Gasteiger charge is -1.96. The van der Waals surface area contributed by atoms with Gasteiger partial charge in [-0.3, -0.25) is 4.98 Å². The van der Waals surface area contributed by atoms with Gasteiger partial charge in [-0.1, -0.05) is 18.2 Å². The van der Waals surface area contributed by atoms with E-state index in [1.54, 1.807) is 18.3 Å². The summed E-state index contributed by atoms with van der Waals surface area (Å²) in [5, 5.41) is 23.9. The first kappa shape index (κ1) is 10.7. The normalized spacial score (nSPS) is 9.07. The van der Waals surface area contributed by atoms with Crippen LogP contribution in [0.1, 0.15) is 0 Å². The number of hydrogen-bond donors (Lipinski definition) is 2. The summed E-state index contributed by atoms with van der Waals surface area (Å²) in [5.41, 5.74) is 0.662. The van der Waals surface area contributed by atoms with Crippen molar-refractivity contribution < 1.29 is 15.4 Å². The Bertz CT molecular complexity index is 463. The average Bonchev–Trinajstić information content (AvgIpc) is 2.18. The number of para-hydroxylation sites is 1. The highest BCUT2D eigenvalue weighted by atomic mass is 16.9. The lowest BCUT2D eigenvalue weighted by molar-refractivity contribution is -0.742. The molecule has 6 nitrogen and oxygen atoms in total. The molecule has 2 rings (SSSR count). The van der Waals surface area contributed by atoms with Crippen molar-refractivity contribution in [1.82, 2.24) is 4.98 Å². The number of aromatic nitrogens is 1. The van der Waals surface area contributed by atoms with Crippen molar-refractivity contribution in [2.75, 3.05) is 0 Å². The van der Waals surface area contributed by atoms with Crippen LogP contribution in [0.3, 0.4) is 0 Å². The average molecular weight is 208 g/mol. The number of rotatable bonds is 0. The third-order valence-electron chi connectivity index (χ3n) is 1.61. The van der Waals surface area contributed by atoms with E-state index in [1.807, 2.05) is 18.2 Å². The van der Waals surface area contributed by atoms with Crippen molar-refractivity contribution in [1.29, 1.82) is 0 Å². The van der Waals surface area contributed by atoms with Gasteiger partial charge in [0.1, 0.15) is 11.3 Å². The number of phenols is 1. The molecule has 78 valence electrons. The van der Waals surface area contributed by atoms with Gasteiger partial charge in [0, 0.05) is 11.6 Å². The zero-order valence-corrected chi connectivity index (χ0v) is 7.57. The summed E-state index contributed by atoms with van der Waals surface area (Å²) in [6.45, 7) is 0. The van der Waals surface area contributed by atoms with E-state index < -0.39 is 5.09 Å². The third kappa shape index (κ3) is 3.11. The molecule has 0 aliphatic rings. The molecule has 1 heterocycles. The molecule has 15 heavy (non-hydrogen) atoms. The van der Waals surface area contributed by atoms with E-state index >= 15 is 0 Å². The van der Waals surface area contributed by atoms with Crippen LogP contribution in [0.15, 0.2) is 36.5 Å². The molecular formula is C9H8N2O4. The van der Waals surface area contributed by atoms with Crippen molar-refractivity contribution in [3.05, 3.63) is 46.6 Å². The molecule has 0 spiro atoms. The van der Waals surface area contributed by atoms with Gasteiger partial charge in [-0.05, 0) is 12.1 Å². The maximum absolute atomic E-state index is 9.31. The summed E-state index contributed by atoms with van der Waals surface area (Å²) in [6, 6.07) is 9.13. The van der Waals surface area contributed by atoms with Crippen LogP contribution in [0.25, 0.3) is 10.9 Å². The van der Waals surface area contributed by atoms with E-state index in [0.717, 1.165) is 5.39 Å². The van der Waals surface area contributed by atoms with Crippen LogP contribution in [0, 0.1) is 10.1 Å².